The first-order valence-corrected chi connectivity index (χ1v) is 4.66. The van der Waals surface area contributed by atoms with E-state index in [1.54, 1.807) is 0 Å². The smallest absolute Gasteiger partial charge is 0.240 e. The summed E-state index contributed by atoms with van der Waals surface area (Å²) in [5.74, 6) is -1.70. The molecule has 2 atom stereocenters. The van der Waals surface area contributed by atoms with Gasteiger partial charge in [-0.2, -0.15) is 0 Å². The van der Waals surface area contributed by atoms with Gasteiger partial charge in [0, 0.05) is 6.92 Å². The number of carbonyl (C=O) groups is 3. The number of imide groups is 3. The van der Waals surface area contributed by atoms with E-state index in [2.05, 4.69) is 0 Å². The van der Waals surface area contributed by atoms with Crippen molar-refractivity contribution in [3.8, 4) is 0 Å². The third-order valence-corrected chi connectivity index (χ3v) is 2.82. The predicted octanol–water partition coefficient (Wildman–Crippen LogP) is 0.484. The maximum Gasteiger partial charge on any atom is 0.240 e. The molecule has 1 heterocycles. The summed E-state index contributed by atoms with van der Waals surface area (Å²) in [4.78, 5) is 35.2. The van der Waals surface area contributed by atoms with Crippen LogP contribution < -0.4 is 0 Å². The lowest BCUT2D eigenvalue weighted by molar-refractivity contribution is -0.149. The highest BCUT2D eigenvalue weighted by molar-refractivity contribution is 6.16. The second-order valence-electron chi connectivity index (χ2n) is 3.69. The van der Waals surface area contributed by atoms with Gasteiger partial charge < -0.3 is 0 Å². The highest BCUT2D eigenvalue weighted by Crippen LogP contribution is 2.34. The zero-order valence-corrected chi connectivity index (χ0v) is 7.90. The second kappa shape index (κ2) is 3.04. The topological polar surface area (TPSA) is 54.5 Å². The molecule has 2 rings (SSSR count). The molecule has 1 aliphatic heterocycles. The average molecular weight is 193 g/mol. The molecule has 0 spiro atoms. The lowest BCUT2D eigenvalue weighted by Crippen LogP contribution is -2.35. The van der Waals surface area contributed by atoms with Crippen molar-refractivity contribution in [3.05, 3.63) is 12.2 Å². The minimum absolute atomic E-state index is 0.295. The molecule has 74 valence electrons. The van der Waals surface area contributed by atoms with Gasteiger partial charge in [0.2, 0.25) is 17.7 Å². The number of rotatable bonds is 0. The Morgan fingerprint density at radius 2 is 1.64 bits per heavy atom. The lowest BCUT2D eigenvalue weighted by atomic mass is 9.85. The van der Waals surface area contributed by atoms with Crippen LogP contribution in [0.25, 0.3) is 0 Å². The molecule has 0 aromatic heterocycles. The summed E-state index contributed by atoms with van der Waals surface area (Å²) in [5.41, 5.74) is 0. The molecule has 3 amide bonds. The van der Waals surface area contributed by atoms with Crippen LogP contribution in [0, 0.1) is 11.8 Å². The van der Waals surface area contributed by atoms with Crippen molar-refractivity contribution in [3.63, 3.8) is 0 Å². The van der Waals surface area contributed by atoms with Gasteiger partial charge in [-0.25, -0.2) is 4.90 Å². The lowest BCUT2D eigenvalue weighted by Gasteiger charge is -2.14. The van der Waals surface area contributed by atoms with E-state index >= 15 is 0 Å². The van der Waals surface area contributed by atoms with Crippen LogP contribution in [0.5, 0.6) is 0 Å². The summed E-state index contributed by atoms with van der Waals surface area (Å²) in [6.07, 6.45) is 4.96. The van der Waals surface area contributed by atoms with Gasteiger partial charge >= 0.3 is 0 Å². The van der Waals surface area contributed by atoms with E-state index in [1.807, 2.05) is 12.2 Å². The van der Waals surface area contributed by atoms with Crippen molar-refractivity contribution in [2.75, 3.05) is 0 Å². The molecule has 0 saturated carbocycles. The fourth-order valence-corrected chi connectivity index (χ4v) is 2.11. The van der Waals surface area contributed by atoms with E-state index in [0.29, 0.717) is 12.8 Å². The van der Waals surface area contributed by atoms with Gasteiger partial charge in [0.15, 0.2) is 0 Å². The van der Waals surface area contributed by atoms with Crippen LogP contribution in [0.2, 0.25) is 0 Å². The number of nitrogens with zero attached hydrogens (tertiary/aromatic N) is 1. The molecule has 0 aromatic rings. The minimum Gasteiger partial charge on any atom is -0.274 e. The first-order valence-electron chi connectivity index (χ1n) is 4.66. The molecular formula is C10H11NO3. The molecule has 4 nitrogen and oxygen atoms in total. The Morgan fingerprint density at radius 3 is 2.00 bits per heavy atom. The van der Waals surface area contributed by atoms with Crippen LogP contribution in [-0.4, -0.2) is 22.6 Å². The molecule has 4 heteroatoms. The number of likely N-dealkylation sites (tertiary alicyclic amines) is 1. The van der Waals surface area contributed by atoms with Crippen molar-refractivity contribution in [2.45, 2.75) is 19.8 Å². The maximum atomic E-state index is 11.6. The first-order chi connectivity index (χ1) is 6.63. The molecule has 0 bridgehead atoms. The number of carbonyl (C=O) groups excluding carboxylic acids is 3. The Hall–Kier alpha value is -1.45. The molecular weight excluding hydrogens is 182 g/mol. The van der Waals surface area contributed by atoms with Crippen molar-refractivity contribution >= 4 is 17.7 Å². The van der Waals surface area contributed by atoms with E-state index < -0.39 is 5.91 Å². The summed E-state index contributed by atoms with van der Waals surface area (Å²) >= 11 is 0. The molecule has 1 fully saturated rings. The van der Waals surface area contributed by atoms with Crippen LogP contribution >= 0.6 is 0 Å². The molecule has 0 aromatic carbocycles. The van der Waals surface area contributed by atoms with Crippen molar-refractivity contribution in [2.24, 2.45) is 11.8 Å². The van der Waals surface area contributed by atoms with Crippen LogP contribution in [-0.2, 0) is 14.4 Å². The Labute approximate surface area is 81.6 Å². The van der Waals surface area contributed by atoms with E-state index in [1.165, 1.54) is 6.92 Å². The minimum atomic E-state index is -0.464. The highest BCUT2D eigenvalue weighted by atomic mass is 16.2. The number of allylic oxidation sites excluding steroid dienone is 2. The first kappa shape index (κ1) is 9.12. The largest absolute Gasteiger partial charge is 0.274 e. The van der Waals surface area contributed by atoms with Crippen LogP contribution in [0.3, 0.4) is 0 Å². The summed E-state index contributed by atoms with van der Waals surface area (Å²) in [5, 5.41) is 0. The molecule has 0 N–H and O–H groups in total. The van der Waals surface area contributed by atoms with Crippen molar-refractivity contribution < 1.29 is 14.4 Å². The van der Waals surface area contributed by atoms with Crippen LogP contribution in [0.4, 0.5) is 0 Å². The highest BCUT2D eigenvalue weighted by Gasteiger charge is 2.48. The standard InChI is InChI=1S/C10H11NO3/c1-6(12)11-9(13)7-4-2-3-5-8(7)10(11)14/h2-3,7-8H,4-5H2,1H3. The van der Waals surface area contributed by atoms with Crippen LogP contribution in [0.1, 0.15) is 19.8 Å². The molecule has 1 aliphatic carbocycles. The van der Waals surface area contributed by atoms with Gasteiger partial charge in [0.25, 0.3) is 0 Å². The average Bonchev–Trinajstić information content (AvgIpc) is 2.41. The summed E-state index contributed by atoms with van der Waals surface area (Å²) in [7, 11) is 0. The zero-order chi connectivity index (χ0) is 10.3. The molecule has 14 heavy (non-hydrogen) atoms. The van der Waals surface area contributed by atoms with Gasteiger partial charge in [-0.05, 0) is 12.8 Å². The van der Waals surface area contributed by atoms with E-state index in [4.69, 9.17) is 0 Å². The predicted molar refractivity (Wildman–Crippen MR) is 47.9 cm³/mol. The van der Waals surface area contributed by atoms with Gasteiger partial charge in [0.05, 0.1) is 11.8 Å². The van der Waals surface area contributed by atoms with E-state index in [-0.39, 0.29) is 23.7 Å². The van der Waals surface area contributed by atoms with Crippen molar-refractivity contribution in [1.29, 1.82) is 0 Å². The second-order valence-corrected chi connectivity index (χ2v) is 3.69. The van der Waals surface area contributed by atoms with Gasteiger partial charge in [0.1, 0.15) is 0 Å². The number of amides is 3. The Bertz CT molecular complexity index is 319. The fraction of sp³-hybridized carbons (Fsp3) is 0.500. The fourth-order valence-electron chi connectivity index (χ4n) is 2.11. The summed E-state index contributed by atoms with van der Waals surface area (Å²) in [6, 6.07) is 0. The van der Waals surface area contributed by atoms with Crippen LogP contribution in [0.15, 0.2) is 12.2 Å². The van der Waals surface area contributed by atoms with Gasteiger partial charge in [-0.3, -0.25) is 14.4 Å². The van der Waals surface area contributed by atoms with Crippen molar-refractivity contribution in [1.82, 2.24) is 4.90 Å². The quantitative estimate of drug-likeness (QED) is 0.415. The van der Waals surface area contributed by atoms with Gasteiger partial charge in [-0.1, -0.05) is 12.2 Å². The van der Waals surface area contributed by atoms with Gasteiger partial charge in [-0.15, -0.1) is 0 Å². The Kier molecular flexibility index (Phi) is 1.98. The Balaban J connectivity index is 2.33. The summed E-state index contributed by atoms with van der Waals surface area (Å²) < 4.78 is 0. The number of hydrogen-bond acceptors (Lipinski definition) is 3. The Morgan fingerprint density at radius 1 is 1.21 bits per heavy atom. The molecule has 2 aliphatic rings. The summed E-state index contributed by atoms with van der Waals surface area (Å²) in [6.45, 7) is 1.25. The number of fused-ring (bicyclic) bond motifs is 1. The number of hydrogen-bond donors (Lipinski definition) is 0. The SMILES string of the molecule is CC(=O)N1C(=O)C2CC=CCC2C1=O. The maximum absolute atomic E-state index is 11.6. The zero-order valence-electron chi connectivity index (χ0n) is 7.90. The third-order valence-electron chi connectivity index (χ3n) is 2.82. The molecule has 1 saturated heterocycles. The van der Waals surface area contributed by atoms with E-state index in [0.717, 1.165) is 4.90 Å². The molecule has 2 unspecified atom stereocenters. The normalized spacial score (nSPS) is 30.8. The molecule has 0 radical (unpaired) electrons. The van der Waals surface area contributed by atoms with E-state index in [9.17, 15) is 14.4 Å². The monoisotopic (exact) mass is 193 g/mol. The third kappa shape index (κ3) is 1.10.